The number of aliphatic hydroxyl groups is 1. The summed E-state index contributed by atoms with van der Waals surface area (Å²) in [5.74, 6) is -1.43. The molecule has 0 aliphatic carbocycles. The summed E-state index contributed by atoms with van der Waals surface area (Å²) < 4.78 is 18.4. The molecule has 114 valence electrons. The molecule has 4 N–H and O–H groups in total. The van der Waals surface area contributed by atoms with Crippen LogP contribution in [0.1, 0.15) is 29.8 Å². The molecule has 1 heterocycles. The molecule has 0 saturated heterocycles. The zero-order valence-corrected chi connectivity index (χ0v) is 12.0. The Morgan fingerprint density at radius 2 is 2.20 bits per heavy atom. The third-order valence-corrected chi connectivity index (χ3v) is 2.69. The van der Waals surface area contributed by atoms with Crippen LogP contribution < -0.4 is 5.73 Å². The first-order chi connectivity index (χ1) is 8.93. The molecule has 0 amide bonds. The van der Waals surface area contributed by atoms with Crippen molar-refractivity contribution in [3.63, 3.8) is 0 Å². The van der Waals surface area contributed by atoms with Crippen LogP contribution in [0, 0.1) is 6.92 Å². The summed E-state index contributed by atoms with van der Waals surface area (Å²) in [4.78, 5) is 15.1. The minimum atomic E-state index is -2.13. The fraction of sp³-hybridized carbons (Fsp3) is 0.500. The number of nitrogens with zero attached hydrogens (tertiary/aromatic N) is 1. The number of ether oxygens (including phenoxy) is 1. The van der Waals surface area contributed by atoms with Crippen molar-refractivity contribution < 1.29 is 24.1 Å². The summed E-state index contributed by atoms with van der Waals surface area (Å²) in [6, 6.07) is -1.43. The normalized spacial score (nSPS) is 13.2. The number of aromatic hydroxyl groups is 1. The van der Waals surface area contributed by atoms with Gasteiger partial charge in [-0.05, 0) is 13.8 Å². The van der Waals surface area contributed by atoms with E-state index in [0.717, 1.165) is 0 Å². The number of alkyl halides is 1. The molecule has 1 aromatic rings. The van der Waals surface area contributed by atoms with Crippen molar-refractivity contribution in [2.24, 2.45) is 5.73 Å². The third-order valence-electron chi connectivity index (χ3n) is 2.69. The lowest BCUT2D eigenvalue weighted by atomic mass is 9.97. The van der Waals surface area contributed by atoms with Gasteiger partial charge in [0.05, 0.1) is 24.9 Å². The van der Waals surface area contributed by atoms with E-state index in [4.69, 9.17) is 10.8 Å². The Bertz CT molecular complexity index is 473. The van der Waals surface area contributed by atoms with Gasteiger partial charge in [0.25, 0.3) is 0 Å². The molecule has 1 rings (SSSR count). The fourth-order valence-corrected chi connectivity index (χ4v) is 1.67. The largest absolute Gasteiger partial charge is 0.506 e. The lowest BCUT2D eigenvalue weighted by molar-refractivity contribution is -0.149. The highest BCUT2D eigenvalue weighted by molar-refractivity contribution is 5.85. The van der Waals surface area contributed by atoms with Gasteiger partial charge in [0.1, 0.15) is 5.75 Å². The van der Waals surface area contributed by atoms with E-state index in [9.17, 15) is 14.3 Å². The van der Waals surface area contributed by atoms with Crippen molar-refractivity contribution in [1.29, 1.82) is 0 Å². The number of aromatic nitrogens is 1. The van der Waals surface area contributed by atoms with E-state index in [1.807, 2.05) is 0 Å². The average molecular weight is 309 g/mol. The van der Waals surface area contributed by atoms with E-state index < -0.39 is 24.8 Å². The van der Waals surface area contributed by atoms with Gasteiger partial charge in [0, 0.05) is 17.3 Å². The molecular formula is C12H18ClFN2O4. The van der Waals surface area contributed by atoms with Crippen molar-refractivity contribution in [2.45, 2.75) is 32.7 Å². The van der Waals surface area contributed by atoms with Crippen LogP contribution in [-0.4, -0.2) is 33.9 Å². The summed E-state index contributed by atoms with van der Waals surface area (Å²) in [7, 11) is 0. The average Bonchev–Trinajstić information content (AvgIpc) is 2.40. The van der Waals surface area contributed by atoms with E-state index in [1.165, 1.54) is 13.1 Å². The quantitative estimate of drug-likeness (QED) is 0.698. The molecule has 2 atom stereocenters. The van der Waals surface area contributed by atoms with E-state index in [2.05, 4.69) is 9.72 Å². The zero-order valence-electron chi connectivity index (χ0n) is 11.2. The van der Waals surface area contributed by atoms with Gasteiger partial charge in [-0.3, -0.25) is 4.98 Å². The number of hydrogen-bond acceptors (Lipinski definition) is 6. The maximum atomic E-state index is 13.9. The van der Waals surface area contributed by atoms with E-state index in [0.29, 0.717) is 0 Å². The van der Waals surface area contributed by atoms with E-state index >= 15 is 0 Å². The molecule has 0 aliphatic rings. The number of hydrogen-bond donors (Lipinski definition) is 3. The maximum absolute atomic E-state index is 13.9. The standard InChI is InChI=1S/C12H17FN2O4.ClH/c1-3-19-12(18)9(13)10(14)8-7(5-16)4-15-6(2)11(8)17;/h4,9-10,16-17H,3,5,14H2,1-2H3;1H/t9?,10-;/m1./s1. The number of carbonyl (C=O) groups is 1. The number of aryl methyl sites for hydroxylation is 1. The molecule has 0 aromatic carbocycles. The summed E-state index contributed by atoms with van der Waals surface area (Å²) >= 11 is 0. The minimum Gasteiger partial charge on any atom is -0.506 e. The number of rotatable bonds is 5. The van der Waals surface area contributed by atoms with Crippen molar-refractivity contribution in [1.82, 2.24) is 4.98 Å². The zero-order chi connectivity index (χ0) is 14.6. The second kappa shape index (κ2) is 7.98. The van der Waals surface area contributed by atoms with Crippen LogP contribution in [0.3, 0.4) is 0 Å². The molecular weight excluding hydrogens is 291 g/mol. The monoisotopic (exact) mass is 308 g/mol. The van der Waals surface area contributed by atoms with Gasteiger partial charge in [-0.2, -0.15) is 0 Å². The summed E-state index contributed by atoms with van der Waals surface area (Å²) in [6.45, 7) is 2.60. The topological polar surface area (TPSA) is 106 Å². The molecule has 0 aliphatic heterocycles. The van der Waals surface area contributed by atoms with E-state index in [-0.39, 0.29) is 41.6 Å². The smallest absolute Gasteiger partial charge is 0.342 e. The fourth-order valence-electron chi connectivity index (χ4n) is 1.67. The summed E-state index contributed by atoms with van der Waals surface area (Å²) in [5.41, 5.74) is 6.01. The van der Waals surface area contributed by atoms with Crippen molar-refractivity contribution in [3.05, 3.63) is 23.0 Å². The Hall–Kier alpha value is -1.44. The van der Waals surface area contributed by atoms with Gasteiger partial charge in [-0.25, -0.2) is 9.18 Å². The minimum absolute atomic E-state index is 0. The van der Waals surface area contributed by atoms with Crippen LogP contribution in [0.2, 0.25) is 0 Å². The predicted octanol–water partition coefficient (Wildman–Crippen LogP) is 0.911. The maximum Gasteiger partial charge on any atom is 0.342 e. The first-order valence-corrected chi connectivity index (χ1v) is 5.78. The lowest BCUT2D eigenvalue weighted by Crippen LogP contribution is -2.32. The molecule has 1 aromatic heterocycles. The number of halogens is 2. The Kier molecular flexibility index (Phi) is 7.41. The van der Waals surface area contributed by atoms with Crippen molar-refractivity contribution in [2.75, 3.05) is 6.61 Å². The summed E-state index contributed by atoms with van der Waals surface area (Å²) in [5, 5.41) is 19.0. The second-order valence-electron chi connectivity index (χ2n) is 3.97. The Labute approximate surface area is 122 Å². The van der Waals surface area contributed by atoms with Crippen LogP contribution in [0.4, 0.5) is 4.39 Å². The molecule has 1 unspecified atom stereocenters. The molecule has 0 bridgehead atoms. The number of aliphatic hydroxyl groups excluding tert-OH is 1. The van der Waals surface area contributed by atoms with Gasteiger partial charge in [-0.1, -0.05) is 0 Å². The van der Waals surface area contributed by atoms with Crippen LogP contribution in [0.25, 0.3) is 0 Å². The van der Waals surface area contributed by atoms with Gasteiger partial charge >= 0.3 is 5.97 Å². The number of nitrogens with two attached hydrogens (primary N) is 1. The van der Waals surface area contributed by atoms with Crippen LogP contribution >= 0.6 is 12.4 Å². The molecule has 6 nitrogen and oxygen atoms in total. The van der Waals surface area contributed by atoms with Gasteiger partial charge in [0.2, 0.25) is 6.17 Å². The van der Waals surface area contributed by atoms with Gasteiger partial charge in [0.15, 0.2) is 0 Å². The molecule has 8 heteroatoms. The Balaban J connectivity index is 0.00000361. The molecule has 0 spiro atoms. The van der Waals surface area contributed by atoms with E-state index in [1.54, 1.807) is 6.92 Å². The Morgan fingerprint density at radius 3 is 2.70 bits per heavy atom. The van der Waals surface area contributed by atoms with Crippen molar-refractivity contribution >= 4 is 18.4 Å². The highest BCUT2D eigenvalue weighted by Gasteiger charge is 2.31. The second-order valence-corrected chi connectivity index (χ2v) is 3.97. The molecule has 0 saturated carbocycles. The molecule has 20 heavy (non-hydrogen) atoms. The van der Waals surface area contributed by atoms with Crippen LogP contribution in [-0.2, 0) is 16.1 Å². The van der Waals surface area contributed by atoms with Crippen LogP contribution in [0.5, 0.6) is 5.75 Å². The highest BCUT2D eigenvalue weighted by Crippen LogP contribution is 2.31. The number of pyridine rings is 1. The lowest BCUT2D eigenvalue weighted by Gasteiger charge is -2.20. The van der Waals surface area contributed by atoms with Gasteiger partial charge in [-0.15, -0.1) is 12.4 Å². The highest BCUT2D eigenvalue weighted by atomic mass is 35.5. The summed E-state index contributed by atoms with van der Waals surface area (Å²) in [6.07, 6.45) is -0.847. The third kappa shape index (κ3) is 3.78. The SMILES string of the molecule is CCOC(=O)C(F)[C@H](N)c1c(CO)cnc(C)c1O.Cl. The molecule has 0 fully saturated rings. The number of esters is 1. The first-order valence-electron chi connectivity index (χ1n) is 5.78. The number of carbonyl (C=O) groups excluding carboxylic acids is 1. The molecule has 0 radical (unpaired) electrons. The predicted molar refractivity (Wildman–Crippen MR) is 72.3 cm³/mol. The van der Waals surface area contributed by atoms with Crippen molar-refractivity contribution in [3.8, 4) is 5.75 Å². The van der Waals surface area contributed by atoms with Crippen LogP contribution in [0.15, 0.2) is 6.20 Å². The Morgan fingerprint density at radius 1 is 1.60 bits per heavy atom. The first kappa shape index (κ1) is 18.6. The van der Waals surface area contributed by atoms with Gasteiger partial charge < -0.3 is 20.7 Å².